The molecule has 0 saturated heterocycles. The van der Waals surface area contributed by atoms with Crippen molar-refractivity contribution >= 4 is 0 Å². The fourth-order valence-corrected chi connectivity index (χ4v) is 3.01. The number of fused-ring (bicyclic) bond motifs is 1. The lowest BCUT2D eigenvalue weighted by Crippen LogP contribution is -2.38. The van der Waals surface area contributed by atoms with Crippen molar-refractivity contribution in [1.29, 1.82) is 0 Å². The van der Waals surface area contributed by atoms with Crippen LogP contribution in [0, 0.1) is 6.92 Å². The summed E-state index contributed by atoms with van der Waals surface area (Å²) in [6.45, 7) is 4.47. The van der Waals surface area contributed by atoms with Crippen LogP contribution in [0.1, 0.15) is 28.8 Å². The van der Waals surface area contributed by atoms with Crippen LogP contribution >= 0.6 is 0 Å². The number of rotatable bonds is 4. The minimum atomic E-state index is 0.238. The Hall–Kier alpha value is -1.59. The van der Waals surface area contributed by atoms with Crippen molar-refractivity contribution in [2.24, 2.45) is 7.05 Å². The van der Waals surface area contributed by atoms with Crippen LogP contribution in [0.3, 0.4) is 0 Å². The fourth-order valence-electron chi connectivity index (χ4n) is 3.01. The quantitative estimate of drug-likeness (QED) is 0.856. The Morgan fingerprint density at radius 1 is 1.45 bits per heavy atom. The van der Waals surface area contributed by atoms with Crippen LogP contribution in [0.4, 0.5) is 0 Å². The summed E-state index contributed by atoms with van der Waals surface area (Å²) in [6, 6.07) is 4.31. The average Bonchev–Trinajstić information content (AvgIpc) is 3.00. The summed E-state index contributed by atoms with van der Waals surface area (Å²) < 4.78 is 13.1. The second-order valence-electron chi connectivity index (χ2n) is 5.38. The van der Waals surface area contributed by atoms with Crippen LogP contribution in [0.25, 0.3) is 0 Å². The third kappa shape index (κ3) is 2.39. The summed E-state index contributed by atoms with van der Waals surface area (Å²) in [4.78, 5) is 2.41. The molecule has 2 aromatic rings. The van der Waals surface area contributed by atoms with E-state index in [4.69, 9.17) is 9.15 Å². The first kappa shape index (κ1) is 13.4. The topological polar surface area (TPSA) is 43.4 Å². The monoisotopic (exact) mass is 275 g/mol. The van der Waals surface area contributed by atoms with Crippen molar-refractivity contribution in [2.75, 3.05) is 20.3 Å². The molecule has 20 heavy (non-hydrogen) atoms. The largest absolute Gasteiger partial charge is 0.465 e. The molecule has 2 aromatic heterocycles. The molecule has 0 spiro atoms. The van der Waals surface area contributed by atoms with Gasteiger partial charge >= 0.3 is 0 Å². The van der Waals surface area contributed by atoms with E-state index >= 15 is 0 Å². The van der Waals surface area contributed by atoms with Crippen molar-refractivity contribution in [3.63, 3.8) is 0 Å². The minimum Gasteiger partial charge on any atom is -0.465 e. The van der Waals surface area contributed by atoms with Gasteiger partial charge in [0.15, 0.2) is 0 Å². The predicted molar refractivity (Wildman–Crippen MR) is 75.4 cm³/mol. The van der Waals surface area contributed by atoms with Crippen LogP contribution in [0.2, 0.25) is 0 Å². The molecule has 3 heterocycles. The van der Waals surface area contributed by atoms with Gasteiger partial charge < -0.3 is 9.15 Å². The molecule has 0 unspecified atom stereocenters. The van der Waals surface area contributed by atoms with Crippen LogP contribution in [-0.4, -0.2) is 34.9 Å². The first-order valence-electron chi connectivity index (χ1n) is 6.98. The Kier molecular flexibility index (Phi) is 3.63. The highest BCUT2D eigenvalue weighted by Gasteiger charge is 2.30. The Balaban J connectivity index is 1.85. The summed E-state index contributed by atoms with van der Waals surface area (Å²) in [5.74, 6) is 1.97. The van der Waals surface area contributed by atoms with Crippen molar-refractivity contribution in [2.45, 2.75) is 25.9 Å². The second kappa shape index (κ2) is 5.42. The summed E-state index contributed by atoms with van der Waals surface area (Å²) in [7, 11) is 3.75. The number of aromatic nitrogens is 2. The van der Waals surface area contributed by atoms with Crippen molar-refractivity contribution < 1.29 is 9.15 Å². The lowest BCUT2D eigenvalue weighted by molar-refractivity contribution is 0.0688. The second-order valence-corrected chi connectivity index (χ2v) is 5.38. The summed E-state index contributed by atoms with van der Waals surface area (Å²) in [5, 5.41) is 4.39. The molecule has 0 saturated carbocycles. The Labute approximate surface area is 119 Å². The van der Waals surface area contributed by atoms with Crippen molar-refractivity contribution in [3.05, 3.63) is 41.1 Å². The van der Waals surface area contributed by atoms with Crippen molar-refractivity contribution in [3.8, 4) is 0 Å². The number of aryl methyl sites for hydroxylation is 2. The molecule has 0 N–H and O–H groups in total. The third-order valence-corrected chi connectivity index (χ3v) is 3.97. The molecule has 5 heteroatoms. The molecule has 0 aromatic carbocycles. The van der Waals surface area contributed by atoms with Gasteiger partial charge in [-0.15, -0.1) is 0 Å². The first-order valence-corrected chi connectivity index (χ1v) is 6.98. The number of hydrogen-bond acceptors (Lipinski definition) is 4. The highest BCUT2D eigenvalue weighted by atomic mass is 16.5. The highest BCUT2D eigenvalue weighted by Crippen LogP contribution is 2.30. The first-order chi connectivity index (χ1) is 9.69. The van der Waals surface area contributed by atoms with Crippen molar-refractivity contribution in [1.82, 2.24) is 14.7 Å². The molecule has 1 aliphatic rings. The van der Waals surface area contributed by atoms with Gasteiger partial charge in [0.25, 0.3) is 0 Å². The Bertz CT molecular complexity index is 588. The summed E-state index contributed by atoms with van der Waals surface area (Å²) >= 11 is 0. The number of hydrogen-bond donors (Lipinski definition) is 0. The van der Waals surface area contributed by atoms with Crippen LogP contribution < -0.4 is 0 Å². The molecule has 0 aliphatic carbocycles. The number of furan rings is 1. The zero-order valence-corrected chi connectivity index (χ0v) is 12.3. The number of nitrogens with zero attached hydrogens (tertiary/aromatic N) is 3. The van der Waals surface area contributed by atoms with Gasteiger partial charge in [0, 0.05) is 20.7 Å². The number of ether oxygens (including phenoxy) is 1. The molecular weight excluding hydrogens is 254 g/mol. The van der Waals surface area contributed by atoms with E-state index in [1.54, 1.807) is 7.11 Å². The molecular formula is C15H21N3O2. The van der Waals surface area contributed by atoms with Gasteiger partial charge in [-0.2, -0.15) is 5.10 Å². The Morgan fingerprint density at radius 3 is 3.00 bits per heavy atom. The zero-order chi connectivity index (χ0) is 14.1. The van der Waals surface area contributed by atoms with Gasteiger partial charge in [-0.1, -0.05) is 0 Å². The normalized spacial score (nSPS) is 19.2. The van der Waals surface area contributed by atoms with Gasteiger partial charge in [-0.3, -0.25) is 9.58 Å². The lowest BCUT2D eigenvalue weighted by atomic mass is 10.00. The van der Waals surface area contributed by atoms with Crippen LogP contribution in [0.15, 0.2) is 22.7 Å². The van der Waals surface area contributed by atoms with Gasteiger partial charge in [-0.05, 0) is 31.0 Å². The van der Waals surface area contributed by atoms with E-state index in [0.29, 0.717) is 6.61 Å². The molecule has 1 aliphatic heterocycles. The SMILES string of the molecule is COC[C@H]1c2c(cnn2C)CCN1Cc1ccc(C)o1. The molecule has 108 valence electrons. The van der Waals surface area contributed by atoms with E-state index in [1.165, 1.54) is 11.3 Å². The maximum atomic E-state index is 5.71. The predicted octanol–water partition coefficient (Wildman–Crippen LogP) is 2.07. The van der Waals surface area contributed by atoms with E-state index in [2.05, 4.69) is 16.1 Å². The maximum Gasteiger partial charge on any atom is 0.118 e. The standard InChI is InChI=1S/C15H21N3O2/c1-11-4-5-13(20-11)9-18-7-6-12-8-16-17(2)15(12)14(18)10-19-3/h4-5,8,14H,6-7,9-10H2,1-3H3/t14-/m0/s1. The lowest BCUT2D eigenvalue weighted by Gasteiger charge is -2.35. The highest BCUT2D eigenvalue weighted by molar-refractivity contribution is 5.25. The number of methoxy groups -OCH3 is 1. The molecule has 0 fully saturated rings. The zero-order valence-electron chi connectivity index (χ0n) is 12.3. The molecule has 3 rings (SSSR count). The van der Waals surface area contributed by atoms with E-state index in [1.807, 2.05) is 30.9 Å². The summed E-state index contributed by atoms with van der Waals surface area (Å²) in [6.07, 6.45) is 3.01. The smallest absolute Gasteiger partial charge is 0.118 e. The van der Waals surface area contributed by atoms with Crippen LogP contribution in [0.5, 0.6) is 0 Å². The maximum absolute atomic E-state index is 5.71. The molecule has 0 amide bonds. The third-order valence-electron chi connectivity index (χ3n) is 3.97. The Morgan fingerprint density at radius 2 is 2.30 bits per heavy atom. The molecule has 5 nitrogen and oxygen atoms in total. The van der Waals surface area contributed by atoms with Gasteiger partial charge in [-0.25, -0.2) is 0 Å². The van der Waals surface area contributed by atoms with E-state index < -0.39 is 0 Å². The van der Waals surface area contributed by atoms with E-state index in [9.17, 15) is 0 Å². The van der Waals surface area contributed by atoms with E-state index in [0.717, 1.165) is 31.0 Å². The van der Waals surface area contributed by atoms with Gasteiger partial charge in [0.05, 0.1) is 31.1 Å². The molecule has 0 radical (unpaired) electrons. The summed E-state index contributed by atoms with van der Waals surface area (Å²) in [5.41, 5.74) is 2.60. The molecule has 0 bridgehead atoms. The average molecular weight is 275 g/mol. The van der Waals surface area contributed by atoms with Crippen LogP contribution in [-0.2, 0) is 24.8 Å². The van der Waals surface area contributed by atoms with Gasteiger partial charge in [0.1, 0.15) is 11.5 Å². The molecule has 1 atom stereocenters. The van der Waals surface area contributed by atoms with Gasteiger partial charge in [0.2, 0.25) is 0 Å². The minimum absolute atomic E-state index is 0.238. The fraction of sp³-hybridized carbons (Fsp3) is 0.533. The van der Waals surface area contributed by atoms with E-state index in [-0.39, 0.29) is 6.04 Å².